The van der Waals surface area contributed by atoms with Crippen molar-refractivity contribution in [3.8, 4) is 0 Å². The van der Waals surface area contributed by atoms with Crippen LogP contribution in [0.25, 0.3) is 0 Å². The van der Waals surface area contributed by atoms with Crippen molar-refractivity contribution in [1.29, 1.82) is 0 Å². The molecule has 1 aromatic rings. The number of benzene rings is 1. The van der Waals surface area contributed by atoms with Crippen LogP contribution in [0.1, 0.15) is 20.3 Å². The van der Waals surface area contributed by atoms with Gasteiger partial charge in [-0.15, -0.1) is 0 Å². The maximum Gasteiger partial charge on any atom is 0.295 e. The Morgan fingerprint density at radius 2 is 1.94 bits per heavy atom. The van der Waals surface area contributed by atoms with Gasteiger partial charge in [0.1, 0.15) is 11.5 Å². The van der Waals surface area contributed by atoms with Crippen LogP contribution in [0, 0.1) is 27.8 Å². The normalized spacial score (nSPS) is 24.1. The number of hydrogen-bond donors (Lipinski definition) is 0. The fraction of sp³-hybridized carbons (Fsp3) is 0.538. The van der Waals surface area contributed by atoms with E-state index < -0.39 is 10.7 Å². The second-order valence-electron chi connectivity index (χ2n) is 5.24. The van der Waals surface area contributed by atoms with Crippen LogP contribution in [0.2, 0.25) is 0 Å². The molecule has 0 aromatic heterocycles. The molecule has 0 bridgehead atoms. The Bertz CT molecular complexity index is 454. The summed E-state index contributed by atoms with van der Waals surface area (Å²) in [5.41, 5.74) is 0.385. The predicted molar refractivity (Wildman–Crippen MR) is 68.2 cm³/mol. The van der Waals surface area contributed by atoms with E-state index in [2.05, 4.69) is 13.8 Å². The van der Waals surface area contributed by atoms with E-state index in [1.54, 1.807) is 0 Å². The second-order valence-corrected chi connectivity index (χ2v) is 5.24. The van der Waals surface area contributed by atoms with Gasteiger partial charge in [-0.1, -0.05) is 13.8 Å². The number of nitro benzene ring substituents is 1. The molecule has 4 nitrogen and oxygen atoms in total. The summed E-state index contributed by atoms with van der Waals surface area (Å²) in [5.74, 6) is 0.431. The zero-order valence-electron chi connectivity index (χ0n) is 10.6. The summed E-state index contributed by atoms with van der Waals surface area (Å²) < 4.78 is 13.1. The Labute approximate surface area is 106 Å². The summed E-state index contributed by atoms with van der Waals surface area (Å²) in [6.45, 7) is 5.85. The molecule has 0 radical (unpaired) electrons. The number of anilines is 1. The Balaban J connectivity index is 2.35. The van der Waals surface area contributed by atoms with Gasteiger partial charge in [0, 0.05) is 13.1 Å². The van der Waals surface area contributed by atoms with Crippen molar-refractivity contribution < 1.29 is 9.31 Å². The SMILES string of the molecule is CC1CC(C)CN(c2ccc(F)cc2[N+](=O)[O-])C1. The van der Waals surface area contributed by atoms with Gasteiger partial charge in [-0.25, -0.2) is 4.39 Å². The van der Waals surface area contributed by atoms with Crippen molar-refractivity contribution in [3.05, 3.63) is 34.1 Å². The lowest BCUT2D eigenvalue weighted by Gasteiger charge is -2.36. The molecule has 1 aliphatic rings. The summed E-state index contributed by atoms with van der Waals surface area (Å²) in [4.78, 5) is 12.5. The molecule has 1 aliphatic heterocycles. The van der Waals surface area contributed by atoms with Crippen LogP contribution in [0.5, 0.6) is 0 Å². The van der Waals surface area contributed by atoms with E-state index in [0.717, 1.165) is 25.6 Å². The maximum atomic E-state index is 13.1. The number of nitrogens with zero attached hydrogens (tertiary/aromatic N) is 2. The largest absolute Gasteiger partial charge is 0.365 e. The van der Waals surface area contributed by atoms with Crippen LogP contribution in [-0.2, 0) is 0 Å². The van der Waals surface area contributed by atoms with Gasteiger partial charge in [0.2, 0.25) is 0 Å². The molecule has 1 saturated heterocycles. The van der Waals surface area contributed by atoms with Gasteiger partial charge in [-0.3, -0.25) is 10.1 Å². The molecule has 2 unspecified atom stereocenters. The highest BCUT2D eigenvalue weighted by Crippen LogP contribution is 2.33. The lowest BCUT2D eigenvalue weighted by Crippen LogP contribution is -2.39. The van der Waals surface area contributed by atoms with E-state index in [-0.39, 0.29) is 5.69 Å². The summed E-state index contributed by atoms with van der Waals surface area (Å²) in [7, 11) is 0. The first-order valence-corrected chi connectivity index (χ1v) is 6.16. The summed E-state index contributed by atoms with van der Waals surface area (Å²) in [6.07, 6.45) is 1.13. The Morgan fingerprint density at radius 3 is 2.50 bits per heavy atom. The monoisotopic (exact) mass is 252 g/mol. The van der Waals surface area contributed by atoms with Gasteiger partial charge in [0.05, 0.1) is 11.0 Å². The van der Waals surface area contributed by atoms with E-state index in [1.165, 1.54) is 12.1 Å². The topological polar surface area (TPSA) is 46.4 Å². The van der Waals surface area contributed by atoms with E-state index in [0.29, 0.717) is 17.5 Å². The molecule has 1 fully saturated rings. The molecular formula is C13H17FN2O2. The number of nitro groups is 1. The number of piperidine rings is 1. The van der Waals surface area contributed by atoms with Gasteiger partial charge in [0.15, 0.2) is 0 Å². The van der Waals surface area contributed by atoms with Crippen LogP contribution in [0.15, 0.2) is 18.2 Å². The quantitative estimate of drug-likeness (QED) is 0.599. The molecule has 2 atom stereocenters. The Kier molecular flexibility index (Phi) is 3.50. The minimum absolute atomic E-state index is 0.142. The van der Waals surface area contributed by atoms with Crippen LogP contribution in [0.4, 0.5) is 15.8 Å². The lowest BCUT2D eigenvalue weighted by molar-refractivity contribution is -0.384. The molecule has 0 N–H and O–H groups in total. The van der Waals surface area contributed by atoms with E-state index >= 15 is 0 Å². The molecule has 0 amide bonds. The molecule has 18 heavy (non-hydrogen) atoms. The van der Waals surface area contributed by atoms with Gasteiger partial charge in [0.25, 0.3) is 5.69 Å². The Hall–Kier alpha value is -1.65. The molecule has 0 saturated carbocycles. The third-order valence-corrected chi connectivity index (χ3v) is 3.34. The molecule has 1 aromatic carbocycles. The minimum atomic E-state index is -0.566. The van der Waals surface area contributed by atoms with Crippen molar-refractivity contribution >= 4 is 11.4 Å². The van der Waals surface area contributed by atoms with Crippen LogP contribution >= 0.6 is 0 Å². The predicted octanol–water partition coefficient (Wildman–Crippen LogP) is 3.22. The fourth-order valence-electron chi connectivity index (χ4n) is 2.77. The number of rotatable bonds is 2. The third-order valence-electron chi connectivity index (χ3n) is 3.34. The van der Waals surface area contributed by atoms with E-state index in [1.807, 2.05) is 4.90 Å². The summed E-state index contributed by atoms with van der Waals surface area (Å²) >= 11 is 0. The van der Waals surface area contributed by atoms with Gasteiger partial charge >= 0.3 is 0 Å². The first kappa shape index (κ1) is 12.8. The first-order valence-electron chi connectivity index (χ1n) is 6.16. The third kappa shape index (κ3) is 2.60. The summed E-state index contributed by atoms with van der Waals surface area (Å²) in [5, 5.41) is 11.0. The highest BCUT2D eigenvalue weighted by atomic mass is 19.1. The van der Waals surface area contributed by atoms with E-state index in [9.17, 15) is 14.5 Å². The van der Waals surface area contributed by atoms with Gasteiger partial charge in [-0.05, 0) is 30.4 Å². The zero-order valence-corrected chi connectivity index (χ0v) is 10.6. The maximum absolute atomic E-state index is 13.1. The van der Waals surface area contributed by atoms with Crippen molar-refractivity contribution in [1.82, 2.24) is 0 Å². The lowest BCUT2D eigenvalue weighted by atomic mass is 9.91. The molecule has 98 valence electrons. The molecule has 5 heteroatoms. The Morgan fingerprint density at radius 1 is 1.33 bits per heavy atom. The van der Waals surface area contributed by atoms with Crippen LogP contribution in [0.3, 0.4) is 0 Å². The zero-order chi connectivity index (χ0) is 13.3. The highest BCUT2D eigenvalue weighted by Gasteiger charge is 2.27. The summed E-state index contributed by atoms with van der Waals surface area (Å²) in [6, 6.07) is 3.80. The average molecular weight is 252 g/mol. The van der Waals surface area contributed by atoms with Crippen molar-refractivity contribution in [2.24, 2.45) is 11.8 Å². The molecule has 2 rings (SSSR count). The molecule has 0 aliphatic carbocycles. The van der Waals surface area contributed by atoms with Gasteiger partial charge in [-0.2, -0.15) is 0 Å². The van der Waals surface area contributed by atoms with Gasteiger partial charge < -0.3 is 4.90 Å². The van der Waals surface area contributed by atoms with Crippen molar-refractivity contribution in [3.63, 3.8) is 0 Å². The minimum Gasteiger partial charge on any atom is -0.365 e. The van der Waals surface area contributed by atoms with Crippen molar-refractivity contribution in [2.45, 2.75) is 20.3 Å². The molecular weight excluding hydrogens is 235 g/mol. The first-order chi connectivity index (χ1) is 8.47. The molecule has 0 spiro atoms. The smallest absolute Gasteiger partial charge is 0.295 e. The number of hydrogen-bond acceptors (Lipinski definition) is 3. The average Bonchev–Trinajstić information content (AvgIpc) is 2.27. The van der Waals surface area contributed by atoms with Crippen molar-refractivity contribution in [2.75, 3.05) is 18.0 Å². The standard InChI is InChI=1S/C13H17FN2O2/c1-9-5-10(2)8-15(7-9)12-4-3-11(14)6-13(12)16(17)18/h3-4,6,9-10H,5,7-8H2,1-2H3. The number of halogens is 1. The highest BCUT2D eigenvalue weighted by molar-refractivity contribution is 5.63. The van der Waals surface area contributed by atoms with Crippen LogP contribution in [-0.4, -0.2) is 18.0 Å². The van der Waals surface area contributed by atoms with Crippen LogP contribution < -0.4 is 4.90 Å². The second kappa shape index (κ2) is 4.92. The molecule has 1 heterocycles. The fourth-order valence-corrected chi connectivity index (χ4v) is 2.77. The van der Waals surface area contributed by atoms with E-state index in [4.69, 9.17) is 0 Å².